The van der Waals surface area contributed by atoms with E-state index < -0.39 is 6.09 Å². The minimum Gasteiger partial charge on any atom is -0.465 e. The van der Waals surface area contributed by atoms with E-state index in [1.807, 2.05) is 12.3 Å². The van der Waals surface area contributed by atoms with Crippen LogP contribution in [-0.4, -0.2) is 40.4 Å². The number of fused-ring (bicyclic) bond motifs is 2. The summed E-state index contributed by atoms with van der Waals surface area (Å²) >= 11 is 0. The zero-order valence-electron chi connectivity index (χ0n) is 9.33. The summed E-state index contributed by atoms with van der Waals surface area (Å²) in [6.45, 7) is 1.15. The lowest BCUT2D eigenvalue weighted by atomic mass is 9.75. The number of likely N-dealkylation sites (tertiary alicyclic amines) is 1. The average Bonchev–Trinajstić information content (AvgIpc) is 2.70. The number of carboxylic acid groups (broad SMARTS) is 1. The van der Waals surface area contributed by atoms with Crippen molar-refractivity contribution in [1.82, 2.24) is 9.88 Å². The lowest BCUT2D eigenvalue weighted by molar-refractivity contribution is 0.127. The predicted molar refractivity (Wildman–Crippen MR) is 62.9 cm³/mol. The summed E-state index contributed by atoms with van der Waals surface area (Å²) in [5.41, 5.74) is 2.05. The highest BCUT2D eigenvalue weighted by Crippen LogP contribution is 2.42. The third kappa shape index (κ3) is 1.50. The Bertz CT molecular complexity index is 490. The van der Waals surface area contributed by atoms with Gasteiger partial charge >= 0.3 is 6.09 Å². The summed E-state index contributed by atoms with van der Waals surface area (Å²) in [4.78, 5) is 20.8. The minimum atomic E-state index is -0.829. The number of hydrogen-bond acceptors (Lipinski definition) is 3. The molecule has 0 bridgehead atoms. The molecule has 1 amide bonds. The van der Waals surface area contributed by atoms with Crippen LogP contribution in [0.2, 0.25) is 0 Å². The quantitative estimate of drug-likeness (QED) is 0.740. The standard InChI is InChI=1S/C12H13N3O2/c16-11(17)15-5-2-12(3-6-15)8-14-10-7-13-4-1-9(10)12/h1,4,7-8H,2-3,5-6H2,(H,16,17). The summed E-state index contributed by atoms with van der Waals surface area (Å²) in [7, 11) is 0. The van der Waals surface area contributed by atoms with Crippen molar-refractivity contribution in [3.8, 4) is 0 Å². The number of rotatable bonds is 0. The smallest absolute Gasteiger partial charge is 0.407 e. The van der Waals surface area contributed by atoms with Crippen LogP contribution in [0.3, 0.4) is 0 Å². The molecule has 88 valence electrons. The first-order valence-electron chi connectivity index (χ1n) is 5.69. The van der Waals surface area contributed by atoms with Crippen molar-refractivity contribution in [2.75, 3.05) is 13.1 Å². The van der Waals surface area contributed by atoms with Crippen LogP contribution < -0.4 is 0 Å². The van der Waals surface area contributed by atoms with Crippen LogP contribution >= 0.6 is 0 Å². The van der Waals surface area contributed by atoms with Crippen LogP contribution in [0.1, 0.15) is 18.4 Å². The van der Waals surface area contributed by atoms with Crippen molar-refractivity contribution in [2.45, 2.75) is 18.3 Å². The number of aliphatic imine (C=N–C) groups is 1. The van der Waals surface area contributed by atoms with Crippen LogP contribution in [0.5, 0.6) is 0 Å². The fourth-order valence-corrected chi connectivity index (χ4v) is 2.67. The maximum atomic E-state index is 10.9. The molecule has 3 heterocycles. The fourth-order valence-electron chi connectivity index (χ4n) is 2.67. The zero-order chi connectivity index (χ0) is 11.9. The molecular formula is C12H13N3O2. The number of nitrogens with zero attached hydrogens (tertiary/aromatic N) is 3. The Hall–Kier alpha value is -1.91. The van der Waals surface area contributed by atoms with Crippen LogP contribution in [0.15, 0.2) is 23.5 Å². The van der Waals surface area contributed by atoms with Gasteiger partial charge < -0.3 is 10.0 Å². The molecule has 5 heteroatoms. The third-order valence-corrected chi connectivity index (χ3v) is 3.71. The number of carbonyl (C=O) groups is 1. The number of hydrogen-bond donors (Lipinski definition) is 1. The maximum Gasteiger partial charge on any atom is 0.407 e. The number of amides is 1. The second-order valence-electron chi connectivity index (χ2n) is 4.58. The molecule has 5 nitrogen and oxygen atoms in total. The molecule has 2 aliphatic rings. The van der Waals surface area contributed by atoms with Crippen molar-refractivity contribution in [3.05, 3.63) is 24.0 Å². The number of piperidine rings is 1. The monoisotopic (exact) mass is 231 g/mol. The Morgan fingerprint density at radius 1 is 1.41 bits per heavy atom. The first kappa shape index (κ1) is 10.3. The van der Waals surface area contributed by atoms with Gasteiger partial charge in [0.25, 0.3) is 0 Å². The molecule has 17 heavy (non-hydrogen) atoms. The zero-order valence-corrected chi connectivity index (χ0v) is 9.33. The van der Waals surface area contributed by atoms with E-state index in [1.165, 1.54) is 10.5 Å². The molecule has 0 atom stereocenters. The Morgan fingerprint density at radius 3 is 2.88 bits per heavy atom. The van der Waals surface area contributed by atoms with Crippen molar-refractivity contribution in [3.63, 3.8) is 0 Å². The molecule has 0 unspecified atom stereocenters. The summed E-state index contributed by atoms with van der Waals surface area (Å²) in [5.74, 6) is 0. The molecule has 0 aromatic carbocycles. The lowest BCUT2D eigenvalue weighted by Crippen LogP contribution is -2.44. The molecule has 1 aromatic heterocycles. The molecule has 0 radical (unpaired) electrons. The summed E-state index contributed by atoms with van der Waals surface area (Å²) in [5, 5.41) is 8.95. The molecule has 0 saturated carbocycles. The minimum absolute atomic E-state index is 0.0653. The maximum absolute atomic E-state index is 10.9. The van der Waals surface area contributed by atoms with E-state index in [4.69, 9.17) is 5.11 Å². The highest BCUT2D eigenvalue weighted by molar-refractivity contribution is 5.85. The molecule has 0 aliphatic carbocycles. The summed E-state index contributed by atoms with van der Waals surface area (Å²) in [6, 6.07) is 2.00. The van der Waals surface area contributed by atoms with Gasteiger partial charge in [0.15, 0.2) is 0 Å². The molecule has 1 aromatic rings. The van der Waals surface area contributed by atoms with E-state index in [2.05, 4.69) is 9.98 Å². The number of pyridine rings is 1. The fraction of sp³-hybridized carbons (Fsp3) is 0.417. The van der Waals surface area contributed by atoms with Gasteiger partial charge in [-0.3, -0.25) is 9.98 Å². The second kappa shape index (κ2) is 3.55. The van der Waals surface area contributed by atoms with E-state index in [1.54, 1.807) is 12.4 Å². The van der Waals surface area contributed by atoms with Crippen LogP contribution in [-0.2, 0) is 5.41 Å². The first-order chi connectivity index (χ1) is 8.21. The van der Waals surface area contributed by atoms with Crippen LogP contribution in [0.4, 0.5) is 10.5 Å². The van der Waals surface area contributed by atoms with Crippen molar-refractivity contribution >= 4 is 18.0 Å². The van der Waals surface area contributed by atoms with Crippen molar-refractivity contribution < 1.29 is 9.90 Å². The molecule has 1 N–H and O–H groups in total. The molecule has 1 saturated heterocycles. The van der Waals surface area contributed by atoms with Crippen molar-refractivity contribution in [1.29, 1.82) is 0 Å². The van der Waals surface area contributed by atoms with Gasteiger partial charge in [-0.2, -0.15) is 0 Å². The van der Waals surface area contributed by atoms with Crippen LogP contribution in [0.25, 0.3) is 0 Å². The Kier molecular flexibility index (Phi) is 2.14. The van der Waals surface area contributed by atoms with E-state index in [9.17, 15) is 4.79 Å². The summed E-state index contributed by atoms with van der Waals surface area (Å²) < 4.78 is 0. The average molecular weight is 231 g/mol. The summed E-state index contributed by atoms with van der Waals surface area (Å²) in [6.07, 6.45) is 6.30. The van der Waals surface area contributed by atoms with E-state index >= 15 is 0 Å². The van der Waals surface area contributed by atoms with Gasteiger partial charge in [0.1, 0.15) is 0 Å². The molecule has 1 fully saturated rings. The predicted octanol–water partition coefficient (Wildman–Crippen LogP) is 1.81. The van der Waals surface area contributed by atoms with Gasteiger partial charge in [-0.1, -0.05) is 0 Å². The molecule has 1 spiro atoms. The number of aromatic nitrogens is 1. The Balaban J connectivity index is 1.87. The van der Waals surface area contributed by atoms with Crippen LogP contribution in [0, 0.1) is 0 Å². The first-order valence-corrected chi connectivity index (χ1v) is 5.69. The Labute approximate surface area is 98.8 Å². The van der Waals surface area contributed by atoms with Gasteiger partial charge in [-0.05, 0) is 24.5 Å². The van der Waals surface area contributed by atoms with Gasteiger partial charge in [0.05, 0.1) is 11.9 Å². The van der Waals surface area contributed by atoms with Gasteiger partial charge in [0, 0.05) is 30.9 Å². The highest BCUT2D eigenvalue weighted by Gasteiger charge is 2.40. The third-order valence-electron chi connectivity index (χ3n) is 3.71. The highest BCUT2D eigenvalue weighted by atomic mass is 16.4. The van der Waals surface area contributed by atoms with Crippen molar-refractivity contribution in [2.24, 2.45) is 4.99 Å². The largest absolute Gasteiger partial charge is 0.465 e. The molecule has 3 rings (SSSR count). The lowest BCUT2D eigenvalue weighted by Gasteiger charge is -2.36. The van der Waals surface area contributed by atoms with Gasteiger partial charge in [-0.15, -0.1) is 0 Å². The molecule has 2 aliphatic heterocycles. The van der Waals surface area contributed by atoms with E-state index in [-0.39, 0.29) is 5.41 Å². The Morgan fingerprint density at radius 2 is 2.18 bits per heavy atom. The second-order valence-corrected chi connectivity index (χ2v) is 4.58. The normalized spacial score (nSPS) is 20.6. The molecular weight excluding hydrogens is 218 g/mol. The van der Waals surface area contributed by atoms with Gasteiger partial charge in [-0.25, -0.2) is 4.79 Å². The van der Waals surface area contributed by atoms with E-state index in [0.29, 0.717) is 13.1 Å². The SMILES string of the molecule is O=C(O)N1CCC2(C=Nc3cnccc32)CC1. The topological polar surface area (TPSA) is 65.8 Å². The van der Waals surface area contributed by atoms with Gasteiger partial charge in [0.2, 0.25) is 0 Å². The van der Waals surface area contributed by atoms with E-state index in [0.717, 1.165) is 18.5 Å².